The molecule has 0 fully saturated rings. The van der Waals surface area contributed by atoms with E-state index in [4.69, 9.17) is 28.0 Å². The maximum Gasteiger partial charge on any atom is 0.431 e. The topological polar surface area (TPSA) is 53.2 Å². The van der Waals surface area contributed by atoms with Crippen molar-refractivity contribution in [1.29, 1.82) is 0 Å². The van der Waals surface area contributed by atoms with Crippen molar-refractivity contribution >= 4 is 23.2 Å². The zero-order chi connectivity index (χ0) is 17.4. The first-order valence-corrected chi connectivity index (χ1v) is 6.85. The molecule has 1 aromatic carbocycles. The Morgan fingerprint density at radius 2 is 1.87 bits per heavy atom. The van der Waals surface area contributed by atoms with Gasteiger partial charge in [0.25, 0.3) is 5.56 Å². The van der Waals surface area contributed by atoms with Crippen molar-refractivity contribution in [2.24, 2.45) is 7.05 Å². The van der Waals surface area contributed by atoms with Gasteiger partial charge >= 0.3 is 11.9 Å². The van der Waals surface area contributed by atoms with E-state index in [2.05, 4.69) is 0 Å². The van der Waals surface area contributed by atoms with Gasteiger partial charge in [-0.1, -0.05) is 40.1 Å². The molecule has 0 aliphatic heterocycles. The quantitative estimate of drug-likeness (QED) is 0.836. The Labute approximate surface area is 137 Å². The first-order valence-electron chi connectivity index (χ1n) is 6.09. The van der Waals surface area contributed by atoms with Crippen LogP contribution in [0.1, 0.15) is 11.3 Å². The molecule has 0 spiro atoms. The number of halogens is 5. The summed E-state index contributed by atoms with van der Waals surface area (Å²) in [5.74, 6) is 0. The maximum atomic E-state index is 12.7. The summed E-state index contributed by atoms with van der Waals surface area (Å²) >= 11 is 11.7. The van der Waals surface area contributed by atoms with Gasteiger partial charge in [-0.15, -0.1) is 0 Å². The van der Waals surface area contributed by atoms with E-state index in [1.54, 1.807) is 6.07 Å². The van der Waals surface area contributed by atoms with Gasteiger partial charge in [0.15, 0.2) is 0 Å². The molecule has 5 nitrogen and oxygen atoms in total. The second-order valence-corrected chi connectivity index (χ2v) is 5.27. The lowest BCUT2D eigenvalue weighted by Gasteiger charge is -2.14. The highest BCUT2D eigenvalue weighted by Gasteiger charge is 2.35. The minimum atomic E-state index is -4.83. The number of benzene rings is 1. The fraction of sp³-hybridized carbons (Fsp3) is 0.231. The summed E-state index contributed by atoms with van der Waals surface area (Å²) in [6.45, 7) is -0.320. The molecule has 0 unspecified atom stereocenters. The van der Waals surface area contributed by atoms with E-state index in [0.717, 1.165) is 7.05 Å². The van der Waals surface area contributed by atoms with Crippen LogP contribution in [0.25, 0.3) is 0 Å². The van der Waals surface area contributed by atoms with Gasteiger partial charge in [-0.3, -0.25) is 9.36 Å². The molecule has 0 aliphatic carbocycles. The minimum Gasteiger partial charge on any atom is -0.401 e. The molecule has 0 amide bonds. The second kappa shape index (κ2) is 6.29. The Kier molecular flexibility index (Phi) is 4.76. The van der Waals surface area contributed by atoms with E-state index >= 15 is 0 Å². The van der Waals surface area contributed by atoms with Crippen molar-refractivity contribution in [3.8, 4) is 0 Å². The van der Waals surface area contributed by atoms with Gasteiger partial charge in [0.2, 0.25) is 0 Å². The zero-order valence-electron chi connectivity index (χ0n) is 11.5. The van der Waals surface area contributed by atoms with E-state index in [1.807, 2.05) is 0 Å². The molecule has 10 heteroatoms. The van der Waals surface area contributed by atoms with E-state index in [9.17, 15) is 22.8 Å². The third-order valence-corrected chi connectivity index (χ3v) is 3.81. The molecule has 0 radical (unpaired) electrons. The van der Waals surface area contributed by atoms with Crippen molar-refractivity contribution in [3.05, 3.63) is 66.4 Å². The summed E-state index contributed by atoms with van der Waals surface area (Å²) < 4.78 is 38.6. The molecule has 1 aromatic heterocycles. The lowest BCUT2D eigenvalue weighted by atomic mass is 10.2. The van der Waals surface area contributed by atoms with Gasteiger partial charge in [0.1, 0.15) is 12.3 Å². The monoisotopic (exact) mass is 368 g/mol. The van der Waals surface area contributed by atoms with Crippen LogP contribution in [-0.2, 0) is 19.8 Å². The lowest BCUT2D eigenvalue weighted by molar-refractivity contribution is -0.144. The lowest BCUT2D eigenvalue weighted by Crippen LogP contribution is -2.44. The smallest absolute Gasteiger partial charge is 0.401 e. The summed E-state index contributed by atoms with van der Waals surface area (Å²) in [6, 6.07) is 4.91. The number of hydrogen-bond donors (Lipinski definition) is 0. The molecule has 0 saturated carbocycles. The Morgan fingerprint density at radius 3 is 2.48 bits per heavy atom. The molecule has 124 valence electrons. The van der Waals surface area contributed by atoms with Crippen molar-refractivity contribution < 1.29 is 18.0 Å². The van der Waals surface area contributed by atoms with Crippen molar-refractivity contribution in [3.63, 3.8) is 0 Å². The summed E-state index contributed by atoms with van der Waals surface area (Å²) in [5.41, 5.74) is -3.50. The third-order valence-electron chi connectivity index (χ3n) is 2.95. The Hall–Kier alpha value is -1.93. The standard InChI is InChI=1S/C13H9Cl2F3N2O3/c1-19-9(13(16,17)18)5-10(21)20(12(19)22)23-6-7-3-2-4-8(14)11(7)15/h2-5H,6H2,1H3. The van der Waals surface area contributed by atoms with Gasteiger partial charge < -0.3 is 4.84 Å². The van der Waals surface area contributed by atoms with Gasteiger partial charge in [-0.05, 0) is 6.07 Å². The SMILES string of the molecule is Cn1c(C(F)(F)F)cc(=O)n(OCc2cccc(Cl)c2Cl)c1=O. The van der Waals surface area contributed by atoms with Crippen LogP contribution in [0.5, 0.6) is 0 Å². The molecular weight excluding hydrogens is 360 g/mol. The molecule has 0 atom stereocenters. The Bertz CT molecular complexity index is 859. The Balaban J connectivity index is 2.39. The van der Waals surface area contributed by atoms with Crippen molar-refractivity contribution in [1.82, 2.24) is 9.30 Å². The summed E-state index contributed by atoms with van der Waals surface area (Å²) in [7, 11) is 0.886. The molecule has 1 heterocycles. The largest absolute Gasteiger partial charge is 0.431 e. The molecule has 0 saturated heterocycles. The summed E-state index contributed by atoms with van der Waals surface area (Å²) in [6.07, 6.45) is -4.83. The first kappa shape index (κ1) is 17.4. The third kappa shape index (κ3) is 3.53. The van der Waals surface area contributed by atoms with Crippen LogP contribution >= 0.6 is 23.2 Å². The van der Waals surface area contributed by atoms with E-state index in [0.29, 0.717) is 5.56 Å². The Morgan fingerprint density at radius 1 is 1.22 bits per heavy atom. The number of rotatable bonds is 3. The summed E-state index contributed by atoms with van der Waals surface area (Å²) in [4.78, 5) is 28.6. The van der Waals surface area contributed by atoms with Crippen molar-refractivity contribution in [2.45, 2.75) is 12.8 Å². The minimum absolute atomic E-state index is 0.158. The number of nitrogens with zero attached hydrogens (tertiary/aromatic N) is 2. The highest BCUT2D eigenvalue weighted by molar-refractivity contribution is 6.42. The molecule has 0 bridgehead atoms. The van der Waals surface area contributed by atoms with E-state index < -0.39 is 23.1 Å². The number of hydrogen-bond acceptors (Lipinski definition) is 3. The van der Waals surface area contributed by atoms with Gasteiger partial charge in [0, 0.05) is 18.7 Å². The van der Waals surface area contributed by atoms with Gasteiger partial charge in [-0.25, -0.2) is 4.79 Å². The summed E-state index contributed by atoms with van der Waals surface area (Å²) in [5, 5.41) is 0.395. The molecule has 2 rings (SSSR count). The predicted octanol–water partition coefficient (Wildman–Crippen LogP) is 2.50. The van der Waals surface area contributed by atoms with Crippen molar-refractivity contribution in [2.75, 3.05) is 0 Å². The van der Waals surface area contributed by atoms with Crippen LogP contribution in [0, 0.1) is 0 Å². The average Bonchev–Trinajstić information content (AvgIpc) is 2.45. The van der Waals surface area contributed by atoms with E-state index in [-0.39, 0.29) is 32.0 Å². The number of alkyl halides is 3. The van der Waals surface area contributed by atoms with E-state index in [1.165, 1.54) is 12.1 Å². The molecular formula is C13H9Cl2F3N2O3. The fourth-order valence-corrected chi connectivity index (χ4v) is 2.17. The highest BCUT2D eigenvalue weighted by Crippen LogP contribution is 2.27. The first-order chi connectivity index (χ1) is 10.6. The number of aromatic nitrogens is 2. The highest BCUT2D eigenvalue weighted by atomic mass is 35.5. The maximum absolute atomic E-state index is 12.7. The van der Waals surface area contributed by atoms with Gasteiger partial charge in [0.05, 0.1) is 10.0 Å². The molecule has 23 heavy (non-hydrogen) atoms. The van der Waals surface area contributed by atoms with Crippen LogP contribution in [-0.4, -0.2) is 9.30 Å². The zero-order valence-corrected chi connectivity index (χ0v) is 13.0. The molecule has 0 aliphatic rings. The normalized spacial score (nSPS) is 11.6. The van der Waals surface area contributed by atoms with Gasteiger partial charge in [-0.2, -0.15) is 13.2 Å². The van der Waals surface area contributed by atoms with Crippen LogP contribution < -0.4 is 16.1 Å². The van der Waals surface area contributed by atoms with Crippen LogP contribution in [0.4, 0.5) is 13.2 Å². The average molecular weight is 369 g/mol. The predicted molar refractivity (Wildman–Crippen MR) is 77.7 cm³/mol. The van der Waals surface area contributed by atoms with Crippen LogP contribution in [0.3, 0.4) is 0 Å². The molecule has 2 aromatic rings. The van der Waals surface area contributed by atoms with Crippen LogP contribution in [0.2, 0.25) is 10.0 Å². The second-order valence-electron chi connectivity index (χ2n) is 4.49. The van der Waals surface area contributed by atoms with Crippen LogP contribution in [0.15, 0.2) is 33.9 Å². The molecule has 0 N–H and O–H groups in total. The fourth-order valence-electron chi connectivity index (χ4n) is 1.79.